The summed E-state index contributed by atoms with van der Waals surface area (Å²) in [7, 11) is 0. The number of aromatic amines is 2. The first-order valence-electron chi connectivity index (χ1n) is 7.61. The van der Waals surface area contributed by atoms with Gasteiger partial charge in [0.2, 0.25) is 0 Å². The number of nitro benzene ring substituents is 1. The third-order valence-corrected chi connectivity index (χ3v) is 4.64. The molecule has 1 atom stereocenters. The van der Waals surface area contributed by atoms with Gasteiger partial charge in [0.05, 0.1) is 16.0 Å². The average molecular weight is 318 g/mol. The topological polar surface area (TPSA) is 112 Å². The highest BCUT2D eigenvalue weighted by atomic mass is 16.6. The summed E-state index contributed by atoms with van der Waals surface area (Å²) in [5.41, 5.74) is 0.614. The maximum absolute atomic E-state index is 11.7. The van der Waals surface area contributed by atoms with Crippen LogP contribution in [0.5, 0.6) is 0 Å². The molecule has 2 aromatic rings. The zero-order valence-corrected chi connectivity index (χ0v) is 13.0. The molecule has 23 heavy (non-hydrogen) atoms. The van der Waals surface area contributed by atoms with E-state index in [0.29, 0.717) is 35.6 Å². The lowest BCUT2D eigenvalue weighted by Gasteiger charge is -2.33. The van der Waals surface area contributed by atoms with Gasteiger partial charge in [0.1, 0.15) is 0 Å². The molecule has 1 aliphatic rings. The second-order valence-electron chi connectivity index (χ2n) is 5.92. The van der Waals surface area contributed by atoms with Crippen molar-refractivity contribution in [3.8, 4) is 0 Å². The molecule has 122 valence electrons. The van der Waals surface area contributed by atoms with Crippen LogP contribution in [0.15, 0.2) is 15.7 Å². The lowest BCUT2D eigenvalue weighted by Crippen LogP contribution is -2.38. The monoisotopic (exact) mass is 318 g/mol. The van der Waals surface area contributed by atoms with Crippen LogP contribution in [-0.4, -0.2) is 32.4 Å². The van der Waals surface area contributed by atoms with Crippen molar-refractivity contribution < 1.29 is 4.92 Å². The highest BCUT2D eigenvalue weighted by molar-refractivity contribution is 5.83. The Morgan fingerprint density at radius 2 is 2.00 bits per heavy atom. The minimum atomic E-state index is -0.804. The summed E-state index contributed by atoms with van der Waals surface area (Å²) >= 11 is 0. The molecular formula is C15H18N4O4. The second kappa shape index (κ2) is 5.62. The average Bonchev–Trinajstić information content (AvgIpc) is 2.54. The fraction of sp³-hybridized carbons (Fsp3) is 0.467. The van der Waals surface area contributed by atoms with Crippen LogP contribution in [0.25, 0.3) is 11.0 Å². The zero-order valence-electron chi connectivity index (χ0n) is 13.0. The summed E-state index contributed by atoms with van der Waals surface area (Å²) < 4.78 is 0. The van der Waals surface area contributed by atoms with E-state index in [0.717, 1.165) is 18.5 Å². The van der Waals surface area contributed by atoms with Crippen molar-refractivity contribution in [1.29, 1.82) is 0 Å². The van der Waals surface area contributed by atoms with Gasteiger partial charge in [-0.25, -0.2) is 0 Å². The molecule has 3 rings (SSSR count). The predicted octanol–water partition coefficient (Wildman–Crippen LogP) is 1.28. The molecule has 1 aromatic carbocycles. The molecule has 2 heterocycles. The third-order valence-electron chi connectivity index (χ3n) is 4.64. The van der Waals surface area contributed by atoms with Gasteiger partial charge in [-0.1, -0.05) is 6.92 Å². The number of hydrogen-bond donors (Lipinski definition) is 2. The largest absolute Gasteiger partial charge is 0.316 e. The van der Waals surface area contributed by atoms with E-state index in [2.05, 4.69) is 28.7 Å². The number of benzene rings is 1. The fourth-order valence-electron chi connectivity index (χ4n) is 3.14. The molecule has 8 heteroatoms. The van der Waals surface area contributed by atoms with Gasteiger partial charge in [-0.05, 0) is 19.8 Å². The molecule has 1 aliphatic heterocycles. The number of nitro groups is 1. The molecule has 1 aromatic heterocycles. The van der Waals surface area contributed by atoms with Gasteiger partial charge in [-0.15, -0.1) is 0 Å². The standard InChI is InChI=1S/C15H18N4O4/c1-3-8(2)18-5-4-9-10(7-18)13-11(6-12(9)19(22)23)16-14(20)15(21)17-13/h6,8H,3-5,7H2,1-2H3,(H,16,20)(H,17,21). The Hall–Kier alpha value is -2.48. The van der Waals surface area contributed by atoms with E-state index < -0.39 is 16.0 Å². The van der Waals surface area contributed by atoms with Crippen LogP contribution in [-0.2, 0) is 13.0 Å². The molecule has 0 fully saturated rings. The number of fused-ring (bicyclic) bond motifs is 3. The van der Waals surface area contributed by atoms with Gasteiger partial charge in [0.25, 0.3) is 5.69 Å². The molecule has 0 aliphatic carbocycles. The van der Waals surface area contributed by atoms with Crippen LogP contribution in [0, 0.1) is 10.1 Å². The van der Waals surface area contributed by atoms with E-state index in [9.17, 15) is 19.7 Å². The summed E-state index contributed by atoms with van der Waals surface area (Å²) in [4.78, 5) is 41.4. The van der Waals surface area contributed by atoms with Crippen molar-refractivity contribution in [2.24, 2.45) is 0 Å². The van der Waals surface area contributed by atoms with Crippen molar-refractivity contribution in [2.45, 2.75) is 39.3 Å². The van der Waals surface area contributed by atoms with Crippen molar-refractivity contribution in [3.05, 3.63) is 48.0 Å². The highest BCUT2D eigenvalue weighted by Gasteiger charge is 2.28. The van der Waals surface area contributed by atoms with Gasteiger partial charge in [0.15, 0.2) is 0 Å². The molecule has 0 saturated heterocycles. The van der Waals surface area contributed by atoms with E-state index >= 15 is 0 Å². The second-order valence-corrected chi connectivity index (χ2v) is 5.92. The van der Waals surface area contributed by atoms with E-state index in [1.165, 1.54) is 6.07 Å². The quantitative estimate of drug-likeness (QED) is 0.503. The Balaban J connectivity index is 2.28. The first-order valence-corrected chi connectivity index (χ1v) is 7.61. The van der Waals surface area contributed by atoms with Gasteiger partial charge in [0, 0.05) is 36.3 Å². The lowest BCUT2D eigenvalue weighted by molar-refractivity contribution is -0.385. The Morgan fingerprint density at radius 1 is 1.30 bits per heavy atom. The van der Waals surface area contributed by atoms with Crippen LogP contribution >= 0.6 is 0 Å². The summed E-state index contributed by atoms with van der Waals surface area (Å²) in [6, 6.07) is 1.68. The minimum absolute atomic E-state index is 0.000925. The number of nitrogens with zero attached hydrogens (tertiary/aromatic N) is 2. The molecular weight excluding hydrogens is 300 g/mol. The van der Waals surface area contributed by atoms with Crippen molar-refractivity contribution in [1.82, 2.24) is 14.9 Å². The SMILES string of the molecule is CCC(C)N1CCc2c([N+](=O)[O-])cc3[nH]c(=O)c(=O)[nH]c3c2C1. The van der Waals surface area contributed by atoms with Crippen molar-refractivity contribution in [3.63, 3.8) is 0 Å². The van der Waals surface area contributed by atoms with E-state index in [1.807, 2.05) is 0 Å². The Kier molecular flexibility index (Phi) is 3.77. The van der Waals surface area contributed by atoms with Crippen LogP contribution in [0.4, 0.5) is 5.69 Å². The minimum Gasteiger partial charge on any atom is -0.316 e. The van der Waals surface area contributed by atoms with Crippen LogP contribution < -0.4 is 11.1 Å². The van der Waals surface area contributed by atoms with Crippen LogP contribution in [0.1, 0.15) is 31.4 Å². The van der Waals surface area contributed by atoms with Gasteiger partial charge in [-0.2, -0.15) is 0 Å². The van der Waals surface area contributed by atoms with Crippen molar-refractivity contribution in [2.75, 3.05) is 6.54 Å². The van der Waals surface area contributed by atoms with E-state index in [1.54, 1.807) is 0 Å². The van der Waals surface area contributed by atoms with Crippen LogP contribution in [0.3, 0.4) is 0 Å². The molecule has 0 saturated carbocycles. The number of aromatic nitrogens is 2. The Bertz CT molecular complexity index is 899. The summed E-state index contributed by atoms with van der Waals surface area (Å²) in [6.07, 6.45) is 1.52. The maximum atomic E-state index is 11.7. The lowest BCUT2D eigenvalue weighted by atomic mass is 9.95. The molecule has 8 nitrogen and oxygen atoms in total. The number of hydrogen-bond acceptors (Lipinski definition) is 5. The summed E-state index contributed by atoms with van der Waals surface area (Å²) in [6.45, 7) is 5.45. The molecule has 2 N–H and O–H groups in total. The number of H-pyrrole nitrogens is 2. The molecule has 0 amide bonds. The first-order chi connectivity index (χ1) is 10.9. The van der Waals surface area contributed by atoms with Crippen molar-refractivity contribution >= 4 is 16.7 Å². The normalized spacial score (nSPS) is 16.3. The first kappa shape index (κ1) is 15.4. The predicted molar refractivity (Wildman–Crippen MR) is 85.7 cm³/mol. The number of nitrogens with one attached hydrogen (secondary N) is 2. The molecule has 0 radical (unpaired) electrons. The maximum Gasteiger partial charge on any atom is 0.314 e. The van der Waals surface area contributed by atoms with Gasteiger partial charge in [-0.3, -0.25) is 24.6 Å². The molecule has 0 spiro atoms. The summed E-state index contributed by atoms with van der Waals surface area (Å²) in [5.74, 6) is 0. The van der Waals surface area contributed by atoms with Gasteiger partial charge >= 0.3 is 11.1 Å². The van der Waals surface area contributed by atoms with Crippen LogP contribution in [0.2, 0.25) is 0 Å². The number of rotatable bonds is 3. The van der Waals surface area contributed by atoms with E-state index in [4.69, 9.17) is 0 Å². The van der Waals surface area contributed by atoms with E-state index in [-0.39, 0.29) is 5.69 Å². The Labute approximate surface area is 131 Å². The van der Waals surface area contributed by atoms with Gasteiger partial charge < -0.3 is 9.97 Å². The highest BCUT2D eigenvalue weighted by Crippen LogP contribution is 2.33. The molecule has 1 unspecified atom stereocenters. The smallest absolute Gasteiger partial charge is 0.314 e. The fourth-order valence-corrected chi connectivity index (χ4v) is 3.14. The Morgan fingerprint density at radius 3 is 2.65 bits per heavy atom. The summed E-state index contributed by atoms with van der Waals surface area (Å²) in [5, 5.41) is 11.4. The third kappa shape index (κ3) is 2.55. The molecule has 0 bridgehead atoms. The zero-order chi connectivity index (χ0) is 16.7.